The molecule has 22 heavy (non-hydrogen) atoms. The van der Waals surface area contributed by atoms with E-state index < -0.39 is 11.2 Å². The maximum atomic E-state index is 13.1. The van der Waals surface area contributed by atoms with E-state index in [2.05, 4.69) is 4.98 Å². The SMILES string of the molecule is O=c1ccn(-c2ccc(Oc3cccc(F)c3)cc2)c(=O)[nH]1. The van der Waals surface area contributed by atoms with Gasteiger partial charge in [-0.15, -0.1) is 0 Å². The number of H-pyrrole nitrogens is 1. The van der Waals surface area contributed by atoms with Gasteiger partial charge >= 0.3 is 5.69 Å². The Labute approximate surface area is 124 Å². The molecule has 0 bridgehead atoms. The van der Waals surface area contributed by atoms with Crippen molar-refractivity contribution in [1.82, 2.24) is 9.55 Å². The molecule has 0 aliphatic heterocycles. The highest BCUT2D eigenvalue weighted by molar-refractivity contribution is 5.39. The molecule has 5 nitrogen and oxygen atoms in total. The van der Waals surface area contributed by atoms with Crippen LogP contribution < -0.4 is 16.0 Å². The molecule has 1 aromatic heterocycles. The van der Waals surface area contributed by atoms with Crippen molar-refractivity contribution in [3.63, 3.8) is 0 Å². The highest BCUT2D eigenvalue weighted by atomic mass is 19.1. The van der Waals surface area contributed by atoms with E-state index in [4.69, 9.17) is 4.74 Å². The molecule has 0 saturated heterocycles. The zero-order valence-corrected chi connectivity index (χ0v) is 11.3. The number of halogens is 1. The summed E-state index contributed by atoms with van der Waals surface area (Å²) in [7, 11) is 0. The van der Waals surface area contributed by atoms with Crippen LogP contribution >= 0.6 is 0 Å². The number of nitrogens with one attached hydrogen (secondary N) is 1. The fourth-order valence-electron chi connectivity index (χ4n) is 1.96. The summed E-state index contributed by atoms with van der Waals surface area (Å²) in [4.78, 5) is 24.9. The van der Waals surface area contributed by atoms with Gasteiger partial charge in [-0.3, -0.25) is 14.3 Å². The van der Waals surface area contributed by atoms with Gasteiger partial charge in [0, 0.05) is 18.3 Å². The Morgan fingerprint density at radius 3 is 2.41 bits per heavy atom. The quantitative estimate of drug-likeness (QED) is 0.808. The third kappa shape index (κ3) is 2.95. The van der Waals surface area contributed by atoms with Gasteiger partial charge in [0.1, 0.15) is 17.3 Å². The lowest BCUT2D eigenvalue weighted by Crippen LogP contribution is -2.27. The molecule has 3 aromatic rings. The summed E-state index contributed by atoms with van der Waals surface area (Å²) in [6, 6.07) is 13.7. The molecule has 1 heterocycles. The molecule has 0 unspecified atom stereocenters. The Morgan fingerprint density at radius 1 is 0.955 bits per heavy atom. The number of ether oxygens (including phenoxy) is 1. The van der Waals surface area contributed by atoms with Gasteiger partial charge in [0.25, 0.3) is 5.56 Å². The largest absolute Gasteiger partial charge is 0.457 e. The minimum Gasteiger partial charge on any atom is -0.457 e. The van der Waals surface area contributed by atoms with Crippen LogP contribution in [0.3, 0.4) is 0 Å². The van der Waals surface area contributed by atoms with E-state index in [-0.39, 0.29) is 5.82 Å². The number of aromatic nitrogens is 2. The minimum absolute atomic E-state index is 0.381. The van der Waals surface area contributed by atoms with Crippen molar-refractivity contribution < 1.29 is 9.13 Å². The summed E-state index contributed by atoms with van der Waals surface area (Å²) in [5.41, 5.74) is -0.397. The van der Waals surface area contributed by atoms with Crippen LogP contribution in [0.1, 0.15) is 0 Å². The number of hydrogen-bond donors (Lipinski definition) is 1. The Morgan fingerprint density at radius 2 is 1.73 bits per heavy atom. The van der Waals surface area contributed by atoms with E-state index in [0.717, 1.165) is 0 Å². The first-order valence-electron chi connectivity index (χ1n) is 6.48. The second kappa shape index (κ2) is 5.69. The summed E-state index contributed by atoms with van der Waals surface area (Å²) in [6.07, 6.45) is 1.39. The molecule has 0 radical (unpaired) electrons. The number of aromatic amines is 1. The van der Waals surface area contributed by atoms with Crippen molar-refractivity contribution in [2.75, 3.05) is 0 Å². The monoisotopic (exact) mass is 298 g/mol. The van der Waals surface area contributed by atoms with Crippen LogP contribution in [-0.4, -0.2) is 9.55 Å². The summed E-state index contributed by atoms with van der Waals surface area (Å²) < 4.78 is 19.9. The molecule has 0 spiro atoms. The number of rotatable bonds is 3. The van der Waals surface area contributed by atoms with Crippen LogP contribution in [0.5, 0.6) is 11.5 Å². The van der Waals surface area contributed by atoms with E-state index in [0.29, 0.717) is 17.2 Å². The van der Waals surface area contributed by atoms with Gasteiger partial charge in [-0.25, -0.2) is 9.18 Å². The smallest absolute Gasteiger partial charge is 0.332 e. The van der Waals surface area contributed by atoms with Crippen molar-refractivity contribution in [3.05, 3.63) is 87.4 Å². The Balaban J connectivity index is 1.86. The fraction of sp³-hybridized carbons (Fsp3) is 0. The maximum absolute atomic E-state index is 13.1. The molecule has 3 rings (SSSR count). The molecule has 6 heteroatoms. The van der Waals surface area contributed by atoms with Gasteiger partial charge in [-0.1, -0.05) is 6.07 Å². The van der Waals surface area contributed by atoms with Crippen molar-refractivity contribution in [2.24, 2.45) is 0 Å². The van der Waals surface area contributed by atoms with Gasteiger partial charge in [-0.2, -0.15) is 0 Å². The molecule has 2 aromatic carbocycles. The number of hydrogen-bond acceptors (Lipinski definition) is 3. The van der Waals surface area contributed by atoms with Gasteiger partial charge in [0.15, 0.2) is 0 Å². The Kier molecular flexibility index (Phi) is 3.57. The predicted molar refractivity (Wildman–Crippen MR) is 79.1 cm³/mol. The lowest BCUT2D eigenvalue weighted by atomic mass is 10.3. The van der Waals surface area contributed by atoms with Crippen molar-refractivity contribution in [2.45, 2.75) is 0 Å². The van der Waals surface area contributed by atoms with E-state index >= 15 is 0 Å². The average molecular weight is 298 g/mol. The average Bonchev–Trinajstić information content (AvgIpc) is 2.48. The highest BCUT2D eigenvalue weighted by Crippen LogP contribution is 2.22. The zero-order chi connectivity index (χ0) is 15.5. The van der Waals surface area contributed by atoms with Crippen molar-refractivity contribution in [1.29, 1.82) is 0 Å². The molecule has 0 amide bonds. The van der Waals surface area contributed by atoms with E-state index in [1.54, 1.807) is 36.4 Å². The van der Waals surface area contributed by atoms with Crippen LogP contribution in [0.4, 0.5) is 4.39 Å². The topological polar surface area (TPSA) is 64.1 Å². The van der Waals surface area contributed by atoms with Crippen molar-refractivity contribution >= 4 is 0 Å². The predicted octanol–water partition coefficient (Wildman–Crippen LogP) is 2.46. The lowest BCUT2D eigenvalue weighted by molar-refractivity contribution is 0.476. The van der Waals surface area contributed by atoms with Crippen LogP contribution in [0.15, 0.2) is 70.4 Å². The molecule has 110 valence electrons. The van der Waals surface area contributed by atoms with E-state index in [9.17, 15) is 14.0 Å². The molecular formula is C16H11FN2O3. The van der Waals surface area contributed by atoms with Gasteiger partial charge in [0.2, 0.25) is 0 Å². The summed E-state index contributed by atoms with van der Waals surface area (Å²) >= 11 is 0. The first-order chi connectivity index (χ1) is 10.6. The Bertz CT molecular complexity index is 913. The lowest BCUT2D eigenvalue weighted by Gasteiger charge is -2.08. The van der Waals surface area contributed by atoms with Crippen LogP contribution in [0.2, 0.25) is 0 Å². The molecule has 0 aliphatic rings. The highest BCUT2D eigenvalue weighted by Gasteiger charge is 2.02. The summed E-state index contributed by atoms with van der Waals surface area (Å²) in [5, 5.41) is 0. The van der Waals surface area contributed by atoms with Crippen LogP contribution in [0, 0.1) is 5.82 Å². The molecule has 1 N–H and O–H groups in total. The molecular weight excluding hydrogens is 287 g/mol. The number of nitrogens with zero attached hydrogens (tertiary/aromatic N) is 1. The standard InChI is InChI=1S/C16H11FN2O3/c17-11-2-1-3-14(10-11)22-13-6-4-12(5-7-13)19-9-8-15(20)18-16(19)21/h1-10H,(H,18,20,21). The molecule has 0 saturated carbocycles. The van der Waals surface area contributed by atoms with Crippen LogP contribution in [0.25, 0.3) is 5.69 Å². The van der Waals surface area contributed by atoms with Crippen molar-refractivity contribution in [3.8, 4) is 17.2 Å². The second-order valence-corrected chi connectivity index (χ2v) is 4.53. The normalized spacial score (nSPS) is 10.4. The fourth-order valence-corrected chi connectivity index (χ4v) is 1.96. The maximum Gasteiger partial charge on any atom is 0.332 e. The Hall–Kier alpha value is -3.15. The van der Waals surface area contributed by atoms with Gasteiger partial charge < -0.3 is 4.74 Å². The first kappa shape index (κ1) is 13.8. The van der Waals surface area contributed by atoms with Crippen LogP contribution in [-0.2, 0) is 0 Å². The third-order valence-electron chi connectivity index (χ3n) is 2.97. The second-order valence-electron chi connectivity index (χ2n) is 4.53. The third-order valence-corrected chi connectivity index (χ3v) is 2.97. The summed E-state index contributed by atoms with van der Waals surface area (Å²) in [6.45, 7) is 0. The molecule has 0 atom stereocenters. The van der Waals surface area contributed by atoms with Gasteiger partial charge in [-0.05, 0) is 36.4 Å². The first-order valence-corrected chi connectivity index (χ1v) is 6.48. The van der Waals surface area contributed by atoms with E-state index in [1.165, 1.54) is 29.0 Å². The van der Waals surface area contributed by atoms with E-state index in [1.807, 2.05) is 0 Å². The number of benzene rings is 2. The van der Waals surface area contributed by atoms with Gasteiger partial charge in [0.05, 0.1) is 5.69 Å². The summed E-state index contributed by atoms with van der Waals surface area (Å²) in [5.74, 6) is 0.509. The zero-order valence-electron chi connectivity index (χ0n) is 11.3. The molecule has 0 aliphatic carbocycles. The molecule has 0 fully saturated rings. The minimum atomic E-state index is -0.522.